The first-order valence-corrected chi connectivity index (χ1v) is 5.57. The van der Waals surface area contributed by atoms with Crippen LogP contribution in [0, 0.1) is 0 Å². The van der Waals surface area contributed by atoms with E-state index >= 15 is 0 Å². The summed E-state index contributed by atoms with van der Waals surface area (Å²) in [6.45, 7) is 0. The second-order valence-corrected chi connectivity index (χ2v) is 3.99. The predicted octanol–water partition coefficient (Wildman–Crippen LogP) is -0.283. The zero-order chi connectivity index (χ0) is 14.4. The number of carboxylic acids is 1. The van der Waals surface area contributed by atoms with Gasteiger partial charge < -0.3 is 21.9 Å². The summed E-state index contributed by atoms with van der Waals surface area (Å²) in [5, 5.41) is 11.3. The zero-order valence-electron chi connectivity index (χ0n) is 10.1. The average molecular weight is 265 g/mol. The van der Waals surface area contributed by atoms with E-state index < -0.39 is 23.8 Å². The number of nitrogens with one attached hydrogen (secondary N) is 1. The van der Waals surface area contributed by atoms with E-state index in [9.17, 15) is 14.4 Å². The molecule has 0 aliphatic heterocycles. The molecule has 0 unspecified atom stereocenters. The van der Waals surface area contributed by atoms with E-state index in [1.807, 2.05) is 0 Å². The molecule has 0 saturated heterocycles. The minimum absolute atomic E-state index is 0.0502. The van der Waals surface area contributed by atoms with Crippen molar-refractivity contribution in [3.8, 4) is 0 Å². The normalized spacial score (nSPS) is 11.6. The van der Waals surface area contributed by atoms with Crippen LogP contribution in [0.1, 0.15) is 23.2 Å². The van der Waals surface area contributed by atoms with Gasteiger partial charge in [-0.2, -0.15) is 0 Å². The fourth-order valence-electron chi connectivity index (χ4n) is 1.42. The Morgan fingerprint density at radius 1 is 1.21 bits per heavy atom. The Hall–Kier alpha value is -2.57. The first-order valence-electron chi connectivity index (χ1n) is 5.57. The number of benzene rings is 1. The average Bonchev–Trinajstić information content (AvgIpc) is 2.34. The number of primary amides is 1. The number of aliphatic carboxylic acids is 1. The Kier molecular flexibility index (Phi) is 4.87. The van der Waals surface area contributed by atoms with E-state index in [0.717, 1.165) is 0 Å². The third kappa shape index (κ3) is 4.66. The highest BCUT2D eigenvalue weighted by Gasteiger charge is 2.21. The highest BCUT2D eigenvalue weighted by Crippen LogP contribution is 2.06. The van der Waals surface area contributed by atoms with Crippen molar-refractivity contribution in [1.82, 2.24) is 5.32 Å². The third-order valence-corrected chi connectivity index (χ3v) is 2.46. The monoisotopic (exact) mass is 265 g/mol. The van der Waals surface area contributed by atoms with Gasteiger partial charge in [0, 0.05) is 17.7 Å². The summed E-state index contributed by atoms with van der Waals surface area (Å²) in [4.78, 5) is 33.4. The molecule has 0 bridgehead atoms. The molecule has 2 amide bonds. The van der Waals surface area contributed by atoms with Crippen LogP contribution < -0.4 is 16.8 Å². The zero-order valence-corrected chi connectivity index (χ0v) is 10.1. The smallest absolute Gasteiger partial charge is 0.326 e. The molecule has 7 nitrogen and oxygen atoms in total. The van der Waals surface area contributed by atoms with E-state index in [1.165, 1.54) is 24.3 Å². The molecular weight excluding hydrogens is 250 g/mol. The van der Waals surface area contributed by atoms with Gasteiger partial charge in [0.15, 0.2) is 0 Å². The topological polar surface area (TPSA) is 136 Å². The molecule has 1 atom stereocenters. The molecule has 19 heavy (non-hydrogen) atoms. The van der Waals surface area contributed by atoms with E-state index in [2.05, 4.69) is 5.32 Å². The Labute approximate surface area is 109 Å². The van der Waals surface area contributed by atoms with Gasteiger partial charge in [-0.15, -0.1) is 0 Å². The minimum atomic E-state index is -1.22. The molecule has 1 aromatic rings. The molecule has 0 aliphatic carbocycles. The fraction of sp³-hybridized carbons (Fsp3) is 0.250. The van der Waals surface area contributed by atoms with Gasteiger partial charge in [-0.3, -0.25) is 9.59 Å². The summed E-state index contributed by atoms with van der Waals surface area (Å²) in [5.74, 6) is -2.38. The third-order valence-electron chi connectivity index (χ3n) is 2.46. The first-order chi connectivity index (χ1) is 8.90. The maximum Gasteiger partial charge on any atom is 0.326 e. The second kappa shape index (κ2) is 6.39. The van der Waals surface area contributed by atoms with Gasteiger partial charge in [-0.25, -0.2) is 4.79 Å². The number of amides is 2. The maximum atomic E-state index is 11.8. The standard InChI is InChI=1S/C12H15N3O4/c13-8-3-1-7(2-4-8)11(17)15-9(12(18)19)5-6-10(14)16/h1-4,9H,5-6,13H2,(H2,14,16)(H,15,17)(H,18,19)/t9-/m0/s1. The van der Waals surface area contributed by atoms with Crippen molar-refractivity contribution in [2.24, 2.45) is 5.73 Å². The van der Waals surface area contributed by atoms with Crippen molar-refractivity contribution in [3.63, 3.8) is 0 Å². The fourth-order valence-corrected chi connectivity index (χ4v) is 1.42. The number of carbonyl (C=O) groups excluding carboxylic acids is 2. The van der Waals surface area contributed by atoms with Crippen molar-refractivity contribution < 1.29 is 19.5 Å². The van der Waals surface area contributed by atoms with E-state index in [0.29, 0.717) is 11.3 Å². The Morgan fingerprint density at radius 3 is 2.26 bits per heavy atom. The number of carbonyl (C=O) groups is 3. The highest BCUT2D eigenvalue weighted by molar-refractivity contribution is 5.96. The summed E-state index contributed by atoms with van der Waals surface area (Å²) in [6.07, 6.45) is -0.162. The Balaban J connectivity index is 2.68. The Morgan fingerprint density at radius 2 is 1.79 bits per heavy atom. The number of hydrogen-bond donors (Lipinski definition) is 4. The van der Waals surface area contributed by atoms with Crippen LogP contribution in [0.15, 0.2) is 24.3 Å². The molecular formula is C12H15N3O4. The lowest BCUT2D eigenvalue weighted by Crippen LogP contribution is -2.41. The Bertz CT molecular complexity index is 484. The van der Waals surface area contributed by atoms with E-state index in [4.69, 9.17) is 16.6 Å². The molecule has 0 aromatic heterocycles. The first kappa shape index (κ1) is 14.5. The van der Waals surface area contributed by atoms with E-state index in [-0.39, 0.29) is 12.8 Å². The van der Waals surface area contributed by atoms with Crippen LogP contribution in [0.4, 0.5) is 5.69 Å². The van der Waals surface area contributed by atoms with Crippen molar-refractivity contribution >= 4 is 23.5 Å². The number of carboxylic acid groups (broad SMARTS) is 1. The van der Waals surface area contributed by atoms with Gasteiger partial charge in [0.1, 0.15) is 6.04 Å². The molecule has 0 saturated carbocycles. The maximum absolute atomic E-state index is 11.8. The molecule has 0 heterocycles. The predicted molar refractivity (Wildman–Crippen MR) is 68.2 cm³/mol. The molecule has 1 rings (SSSR count). The number of anilines is 1. The summed E-state index contributed by atoms with van der Waals surface area (Å²) < 4.78 is 0. The van der Waals surface area contributed by atoms with Crippen LogP contribution in [-0.4, -0.2) is 28.9 Å². The van der Waals surface area contributed by atoms with Crippen LogP contribution in [-0.2, 0) is 9.59 Å². The SMILES string of the molecule is NC(=O)CC[C@H](NC(=O)c1ccc(N)cc1)C(=O)O. The van der Waals surface area contributed by atoms with Crippen molar-refractivity contribution in [2.45, 2.75) is 18.9 Å². The van der Waals surface area contributed by atoms with Crippen molar-refractivity contribution in [1.29, 1.82) is 0 Å². The quantitative estimate of drug-likeness (QED) is 0.524. The molecule has 6 N–H and O–H groups in total. The van der Waals surface area contributed by atoms with Crippen LogP contribution in [0.3, 0.4) is 0 Å². The summed E-state index contributed by atoms with van der Waals surface area (Å²) in [6, 6.07) is 4.88. The molecule has 1 aromatic carbocycles. The lowest BCUT2D eigenvalue weighted by atomic mass is 10.1. The largest absolute Gasteiger partial charge is 0.480 e. The van der Waals surface area contributed by atoms with Gasteiger partial charge in [-0.05, 0) is 30.7 Å². The van der Waals surface area contributed by atoms with Crippen LogP contribution in [0.5, 0.6) is 0 Å². The van der Waals surface area contributed by atoms with Crippen LogP contribution in [0.25, 0.3) is 0 Å². The molecule has 102 valence electrons. The number of hydrogen-bond acceptors (Lipinski definition) is 4. The van der Waals surface area contributed by atoms with Crippen LogP contribution in [0.2, 0.25) is 0 Å². The van der Waals surface area contributed by atoms with Gasteiger partial charge in [-0.1, -0.05) is 0 Å². The molecule has 0 aliphatic rings. The lowest BCUT2D eigenvalue weighted by Gasteiger charge is -2.13. The summed E-state index contributed by atoms with van der Waals surface area (Å²) >= 11 is 0. The van der Waals surface area contributed by atoms with E-state index in [1.54, 1.807) is 0 Å². The number of nitrogen functional groups attached to an aromatic ring is 1. The molecule has 7 heteroatoms. The van der Waals surface area contributed by atoms with Crippen molar-refractivity contribution in [3.05, 3.63) is 29.8 Å². The van der Waals surface area contributed by atoms with Gasteiger partial charge >= 0.3 is 5.97 Å². The summed E-state index contributed by atoms with van der Waals surface area (Å²) in [7, 11) is 0. The van der Waals surface area contributed by atoms with Crippen molar-refractivity contribution in [2.75, 3.05) is 5.73 Å². The van der Waals surface area contributed by atoms with Crippen LogP contribution >= 0.6 is 0 Å². The molecule has 0 fully saturated rings. The highest BCUT2D eigenvalue weighted by atomic mass is 16.4. The van der Waals surface area contributed by atoms with Gasteiger partial charge in [0.2, 0.25) is 5.91 Å². The number of rotatable bonds is 6. The second-order valence-electron chi connectivity index (χ2n) is 3.99. The molecule has 0 radical (unpaired) electrons. The molecule has 0 spiro atoms. The summed E-state index contributed by atoms with van der Waals surface area (Å²) in [5.41, 5.74) is 11.2. The number of nitrogens with two attached hydrogens (primary N) is 2. The van der Waals surface area contributed by atoms with Gasteiger partial charge in [0.05, 0.1) is 0 Å². The lowest BCUT2D eigenvalue weighted by molar-refractivity contribution is -0.139. The minimum Gasteiger partial charge on any atom is -0.480 e. The van der Waals surface area contributed by atoms with Gasteiger partial charge in [0.25, 0.3) is 5.91 Å².